The van der Waals surface area contributed by atoms with E-state index < -0.39 is 0 Å². The lowest BCUT2D eigenvalue weighted by Crippen LogP contribution is -2.22. The van der Waals surface area contributed by atoms with E-state index in [0.29, 0.717) is 5.08 Å². The molecule has 23 heavy (non-hydrogen) atoms. The van der Waals surface area contributed by atoms with Gasteiger partial charge in [-0.05, 0) is 29.9 Å². The Kier molecular flexibility index (Phi) is 24.4. The number of nitrogens with two attached hydrogens (primary N) is 2. The lowest BCUT2D eigenvalue weighted by molar-refractivity contribution is 0.558. The first-order valence-corrected chi connectivity index (χ1v) is 10.2. The predicted molar refractivity (Wildman–Crippen MR) is 104 cm³/mol. The summed E-state index contributed by atoms with van der Waals surface area (Å²) < 4.78 is 0. The van der Waals surface area contributed by atoms with E-state index in [-0.39, 0.29) is 5.96 Å². The Labute approximate surface area is 150 Å². The van der Waals surface area contributed by atoms with Gasteiger partial charge >= 0.3 is 0 Å². The summed E-state index contributed by atoms with van der Waals surface area (Å²) in [6, 6.07) is 0. The van der Waals surface area contributed by atoms with Gasteiger partial charge < -0.3 is 11.5 Å². The summed E-state index contributed by atoms with van der Waals surface area (Å²) in [6.07, 6.45) is 13.5. The minimum Gasteiger partial charge on any atom is -0.370 e. The van der Waals surface area contributed by atoms with Crippen molar-refractivity contribution in [3.05, 3.63) is 0 Å². The minimum atomic E-state index is 0.218. The maximum atomic E-state index is 7.88. The van der Waals surface area contributed by atoms with Gasteiger partial charge in [0.25, 0.3) is 0 Å². The van der Waals surface area contributed by atoms with E-state index in [9.17, 15) is 0 Å². The Morgan fingerprint density at radius 2 is 1.26 bits per heavy atom. The molecule has 0 atom stereocenters. The summed E-state index contributed by atoms with van der Waals surface area (Å²) in [6.45, 7) is 3.05. The molecule has 0 bridgehead atoms. The monoisotopic (exact) mass is 357 g/mol. The van der Waals surface area contributed by atoms with Gasteiger partial charge in [0.2, 0.25) is 0 Å². The summed E-state index contributed by atoms with van der Waals surface area (Å²) in [7, 11) is 0. The van der Waals surface area contributed by atoms with Crippen molar-refractivity contribution in [1.29, 1.82) is 10.5 Å². The smallest absolute Gasteiger partial charge is 0.185 e. The molecule has 0 saturated carbocycles. The first-order chi connectivity index (χ1) is 11.2. The van der Waals surface area contributed by atoms with E-state index in [4.69, 9.17) is 22.0 Å². The summed E-state index contributed by atoms with van der Waals surface area (Å²) in [5, 5.41) is 20.0. The number of nitriles is 2. The fourth-order valence-corrected chi connectivity index (χ4v) is 2.55. The molecule has 132 valence electrons. The Hall–Kier alpha value is -1.05. The van der Waals surface area contributed by atoms with Crippen molar-refractivity contribution in [3.63, 3.8) is 0 Å². The second kappa shape index (κ2) is 23.2. The summed E-state index contributed by atoms with van der Waals surface area (Å²) in [5.41, 5.74) is 10.5. The first-order valence-electron chi connectivity index (χ1n) is 8.26. The zero-order valence-electron chi connectivity index (χ0n) is 14.3. The number of thioether (sulfide) groups is 2. The van der Waals surface area contributed by atoms with Crippen LogP contribution in [-0.2, 0) is 0 Å². The fourth-order valence-electron chi connectivity index (χ4n) is 1.89. The molecule has 0 aliphatic rings. The maximum Gasteiger partial charge on any atom is 0.185 e. The molecule has 0 rings (SSSR count). The molecule has 0 aliphatic carbocycles. The van der Waals surface area contributed by atoms with Gasteiger partial charge in [0.1, 0.15) is 10.8 Å². The van der Waals surface area contributed by atoms with Crippen LogP contribution in [0.15, 0.2) is 4.99 Å². The van der Waals surface area contributed by atoms with Gasteiger partial charge in [-0.25, -0.2) is 0 Å². The lowest BCUT2D eigenvalue weighted by Gasteiger charge is -2.01. The van der Waals surface area contributed by atoms with E-state index >= 15 is 0 Å². The van der Waals surface area contributed by atoms with Gasteiger partial charge in [0, 0.05) is 6.54 Å². The molecular formula is C16H31N5S2. The molecule has 0 radical (unpaired) electrons. The number of rotatable bonds is 13. The minimum absolute atomic E-state index is 0.218. The molecule has 0 aromatic rings. The Morgan fingerprint density at radius 1 is 0.826 bits per heavy atom. The van der Waals surface area contributed by atoms with E-state index in [1.165, 1.54) is 57.8 Å². The van der Waals surface area contributed by atoms with Gasteiger partial charge in [-0.15, -0.1) is 0 Å². The van der Waals surface area contributed by atoms with Crippen LogP contribution in [0.3, 0.4) is 0 Å². The van der Waals surface area contributed by atoms with Crippen LogP contribution < -0.4 is 11.5 Å². The van der Waals surface area contributed by atoms with Crippen LogP contribution in [0.4, 0.5) is 0 Å². The van der Waals surface area contributed by atoms with Crippen LogP contribution in [0, 0.1) is 21.3 Å². The van der Waals surface area contributed by atoms with Crippen LogP contribution in [0.25, 0.3) is 0 Å². The summed E-state index contributed by atoms with van der Waals surface area (Å²) in [5.74, 6) is 0.218. The topological polar surface area (TPSA) is 112 Å². The van der Waals surface area contributed by atoms with Crippen molar-refractivity contribution >= 4 is 29.5 Å². The van der Waals surface area contributed by atoms with Gasteiger partial charge in [0.15, 0.2) is 5.96 Å². The molecule has 0 spiro atoms. The molecule has 5 nitrogen and oxygen atoms in total. The van der Waals surface area contributed by atoms with E-state index in [1.54, 1.807) is 0 Å². The number of nitrogens with zero attached hydrogens (tertiary/aromatic N) is 3. The van der Waals surface area contributed by atoms with Crippen LogP contribution >= 0.6 is 23.5 Å². The first kappa shape index (κ1) is 24.2. The highest BCUT2D eigenvalue weighted by molar-refractivity contribution is 8.20. The van der Waals surface area contributed by atoms with Gasteiger partial charge in [-0.3, -0.25) is 4.99 Å². The highest BCUT2D eigenvalue weighted by Crippen LogP contribution is 2.10. The van der Waals surface area contributed by atoms with Gasteiger partial charge in [-0.2, -0.15) is 10.5 Å². The third-order valence-electron chi connectivity index (χ3n) is 3.05. The fraction of sp³-hybridized carbons (Fsp3) is 0.812. The van der Waals surface area contributed by atoms with Crippen molar-refractivity contribution in [3.8, 4) is 10.8 Å². The summed E-state index contributed by atoms with van der Waals surface area (Å²) in [4.78, 5) is 3.96. The Morgan fingerprint density at radius 3 is 1.65 bits per heavy atom. The van der Waals surface area contributed by atoms with Crippen molar-refractivity contribution in [2.75, 3.05) is 11.6 Å². The van der Waals surface area contributed by atoms with E-state index in [1.807, 2.05) is 10.8 Å². The molecule has 0 aromatic carbocycles. The van der Waals surface area contributed by atoms with Gasteiger partial charge in [-0.1, -0.05) is 64.7 Å². The normalized spacial score (nSPS) is 9.17. The van der Waals surface area contributed by atoms with Crippen LogP contribution in [-0.4, -0.2) is 17.6 Å². The van der Waals surface area contributed by atoms with Crippen molar-refractivity contribution in [1.82, 2.24) is 0 Å². The van der Waals surface area contributed by atoms with E-state index in [0.717, 1.165) is 36.5 Å². The zero-order valence-corrected chi connectivity index (χ0v) is 15.9. The highest BCUT2D eigenvalue weighted by Gasteiger charge is 1.92. The van der Waals surface area contributed by atoms with Gasteiger partial charge in [0.05, 0.1) is 5.08 Å². The Balaban J connectivity index is 0. The molecule has 0 heterocycles. The summed E-state index contributed by atoms with van der Waals surface area (Å²) >= 11 is 2.16. The van der Waals surface area contributed by atoms with Crippen molar-refractivity contribution < 1.29 is 0 Å². The number of hydrogen-bond donors (Lipinski definition) is 2. The number of aliphatic imine (C=N–C) groups is 1. The highest BCUT2D eigenvalue weighted by atomic mass is 32.2. The third kappa shape index (κ3) is 29.6. The molecule has 7 heteroatoms. The number of hydrogen-bond acceptors (Lipinski definition) is 5. The Bertz CT molecular complexity index is 329. The van der Waals surface area contributed by atoms with Crippen LogP contribution in [0.1, 0.15) is 71.1 Å². The second-order valence-corrected chi connectivity index (χ2v) is 6.96. The zero-order chi connectivity index (χ0) is 17.6. The number of thiocyanates is 2. The SMILES string of the molecule is CCCCCCCCCCCCN=C(N)N.N#CSCSC#N. The predicted octanol–water partition coefficient (Wildman–Crippen LogP) is 4.55. The number of guanidine groups is 1. The standard InChI is InChI=1S/C13H29N3.C3H2N2S2/c1-2-3-4-5-6-7-8-9-10-11-12-16-13(14)15;4-1-6-3-7-2-5/h2-12H2,1H3,(H4,14,15,16);3H2. The molecule has 0 aromatic heterocycles. The molecule has 0 unspecified atom stereocenters. The quantitative estimate of drug-likeness (QED) is 0.164. The molecular weight excluding hydrogens is 326 g/mol. The second-order valence-electron chi connectivity index (χ2n) is 5.08. The van der Waals surface area contributed by atoms with Crippen molar-refractivity contribution in [2.45, 2.75) is 71.1 Å². The van der Waals surface area contributed by atoms with Crippen molar-refractivity contribution in [2.24, 2.45) is 16.5 Å². The lowest BCUT2D eigenvalue weighted by atomic mass is 10.1. The average Bonchev–Trinajstić information content (AvgIpc) is 2.53. The molecule has 4 N–H and O–H groups in total. The maximum absolute atomic E-state index is 7.88. The third-order valence-corrected chi connectivity index (χ3v) is 4.25. The van der Waals surface area contributed by atoms with Crippen LogP contribution in [0.5, 0.6) is 0 Å². The molecule has 0 amide bonds. The molecule has 0 saturated heterocycles. The largest absolute Gasteiger partial charge is 0.370 e. The van der Waals surface area contributed by atoms with Crippen LogP contribution in [0.2, 0.25) is 0 Å². The number of unbranched alkanes of at least 4 members (excludes halogenated alkanes) is 9. The molecule has 0 fully saturated rings. The average molecular weight is 358 g/mol. The van der Waals surface area contributed by atoms with E-state index in [2.05, 4.69) is 11.9 Å². The molecule has 0 aliphatic heterocycles.